The van der Waals surface area contributed by atoms with Crippen molar-refractivity contribution in [3.8, 4) is 5.75 Å². The molecule has 11 heteroatoms. The number of hydrogen-bond donors (Lipinski definition) is 2. The third kappa shape index (κ3) is 5.74. The molecule has 1 atom stereocenters. The summed E-state index contributed by atoms with van der Waals surface area (Å²) in [6.45, 7) is 4.94. The predicted molar refractivity (Wildman–Crippen MR) is 104 cm³/mol. The van der Waals surface area contributed by atoms with Gasteiger partial charge in [0.05, 0.1) is 6.04 Å². The summed E-state index contributed by atoms with van der Waals surface area (Å²) in [6, 6.07) is 3.31. The van der Waals surface area contributed by atoms with Gasteiger partial charge in [-0.25, -0.2) is 9.37 Å². The monoisotopic (exact) mass is 442 g/mol. The Hall–Kier alpha value is -3.11. The Kier molecular flexibility index (Phi) is 6.51. The molecule has 0 unspecified atom stereocenters. The lowest BCUT2D eigenvalue weighted by molar-refractivity contribution is -0.275. The summed E-state index contributed by atoms with van der Waals surface area (Å²) >= 11 is 0. The molecule has 1 aliphatic rings. The second-order valence-corrected chi connectivity index (χ2v) is 7.58. The first-order chi connectivity index (χ1) is 14.5. The molecule has 2 heterocycles. The van der Waals surface area contributed by atoms with Gasteiger partial charge in [-0.3, -0.25) is 14.6 Å². The van der Waals surface area contributed by atoms with E-state index in [1.165, 1.54) is 6.07 Å². The number of alkyl halides is 3. The van der Waals surface area contributed by atoms with Crippen LogP contribution in [0.25, 0.3) is 0 Å². The normalized spacial score (nSPS) is 15.3. The maximum absolute atomic E-state index is 14.1. The molecule has 0 bridgehead atoms. The molecule has 1 aromatic carbocycles. The van der Waals surface area contributed by atoms with Crippen LogP contribution in [0.5, 0.6) is 5.75 Å². The number of anilines is 1. The van der Waals surface area contributed by atoms with Crippen LogP contribution in [0.1, 0.15) is 48.8 Å². The van der Waals surface area contributed by atoms with Gasteiger partial charge in [-0.1, -0.05) is 19.9 Å². The number of carbonyl (C=O) groups is 1. The molecule has 168 valence electrons. The molecule has 0 radical (unpaired) electrons. The highest BCUT2D eigenvalue weighted by Gasteiger charge is 2.33. The molecule has 31 heavy (non-hydrogen) atoms. The Morgan fingerprint density at radius 2 is 1.90 bits per heavy atom. The first kappa shape index (κ1) is 22.6. The lowest BCUT2D eigenvalue weighted by Gasteiger charge is -2.23. The Labute approximate surface area is 175 Å². The number of nitrogens with zero attached hydrogens (tertiary/aromatic N) is 2. The third-order valence-electron chi connectivity index (χ3n) is 4.86. The second kappa shape index (κ2) is 8.94. The Morgan fingerprint density at radius 1 is 1.23 bits per heavy atom. The van der Waals surface area contributed by atoms with Crippen molar-refractivity contribution in [2.45, 2.75) is 39.1 Å². The summed E-state index contributed by atoms with van der Waals surface area (Å²) < 4.78 is 54.9. The van der Waals surface area contributed by atoms with Gasteiger partial charge in [-0.05, 0) is 36.5 Å². The molecule has 1 aromatic heterocycles. The van der Waals surface area contributed by atoms with Gasteiger partial charge in [0, 0.05) is 19.2 Å². The van der Waals surface area contributed by atoms with Crippen molar-refractivity contribution >= 4 is 11.9 Å². The standard InChI is InChI=1S/C20H22F4N4O3/c1-11(2)17(12-5-6-15(13(21)9-12)31-20(22,23)24)27-18(30)14-10-16(29)26-19(25-14)28-7-3-4-8-28/h5-6,9-11,17H,3-4,7-8H2,1-2H3,(H,27,30)(H,25,26,29)/t17-/m1/s1. The van der Waals surface area contributed by atoms with Crippen LogP contribution >= 0.6 is 0 Å². The van der Waals surface area contributed by atoms with E-state index in [9.17, 15) is 27.2 Å². The van der Waals surface area contributed by atoms with Crippen molar-refractivity contribution in [1.29, 1.82) is 0 Å². The van der Waals surface area contributed by atoms with Crippen molar-refractivity contribution in [2.75, 3.05) is 18.0 Å². The average Bonchev–Trinajstić information content (AvgIpc) is 3.21. The number of amides is 1. The molecular formula is C20H22F4N4O3. The summed E-state index contributed by atoms with van der Waals surface area (Å²) in [5.74, 6) is -2.76. The number of H-pyrrole nitrogens is 1. The molecule has 2 N–H and O–H groups in total. The first-order valence-electron chi connectivity index (χ1n) is 9.76. The van der Waals surface area contributed by atoms with Gasteiger partial charge in [-0.15, -0.1) is 13.2 Å². The first-order valence-corrected chi connectivity index (χ1v) is 9.76. The fraction of sp³-hybridized carbons (Fsp3) is 0.450. The Balaban J connectivity index is 1.83. The van der Waals surface area contributed by atoms with E-state index in [-0.39, 0.29) is 17.2 Å². The van der Waals surface area contributed by atoms with Crippen molar-refractivity contribution in [3.63, 3.8) is 0 Å². The number of carbonyl (C=O) groups excluding carboxylic acids is 1. The van der Waals surface area contributed by atoms with E-state index < -0.39 is 35.4 Å². The summed E-state index contributed by atoms with van der Waals surface area (Å²) in [5.41, 5.74) is -0.336. The fourth-order valence-electron chi connectivity index (χ4n) is 3.41. The lowest BCUT2D eigenvalue weighted by Crippen LogP contribution is -2.34. The Morgan fingerprint density at radius 3 is 2.48 bits per heavy atom. The second-order valence-electron chi connectivity index (χ2n) is 7.58. The molecule has 0 saturated carbocycles. The largest absolute Gasteiger partial charge is 0.573 e. The number of ether oxygens (including phenoxy) is 1. The predicted octanol–water partition coefficient (Wildman–Crippen LogP) is 3.53. The van der Waals surface area contributed by atoms with Gasteiger partial charge >= 0.3 is 6.36 Å². The molecule has 7 nitrogen and oxygen atoms in total. The minimum atomic E-state index is -5.02. The topological polar surface area (TPSA) is 87.3 Å². The molecule has 1 aliphatic heterocycles. The zero-order chi connectivity index (χ0) is 22.8. The maximum Gasteiger partial charge on any atom is 0.573 e. The average molecular weight is 442 g/mol. The van der Waals surface area contributed by atoms with E-state index in [2.05, 4.69) is 20.0 Å². The molecule has 1 saturated heterocycles. The van der Waals surface area contributed by atoms with Gasteiger partial charge in [0.1, 0.15) is 5.69 Å². The molecule has 1 fully saturated rings. The summed E-state index contributed by atoms with van der Waals surface area (Å²) in [5, 5.41) is 2.69. The van der Waals surface area contributed by atoms with E-state index in [1.807, 2.05) is 4.90 Å². The smallest absolute Gasteiger partial charge is 0.403 e. The molecular weight excluding hydrogens is 420 g/mol. The van der Waals surface area contributed by atoms with Crippen LogP contribution in [0.4, 0.5) is 23.5 Å². The lowest BCUT2D eigenvalue weighted by atomic mass is 9.95. The van der Waals surface area contributed by atoms with Crippen LogP contribution in [-0.4, -0.2) is 35.3 Å². The molecule has 3 rings (SSSR count). The highest BCUT2D eigenvalue weighted by Crippen LogP contribution is 2.30. The summed E-state index contributed by atoms with van der Waals surface area (Å²) in [6.07, 6.45) is -3.11. The number of halogens is 4. The number of nitrogens with one attached hydrogen (secondary N) is 2. The van der Waals surface area contributed by atoms with Crippen LogP contribution in [0, 0.1) is 11.7 Å². The minimum Gasteiger partial charge on any atom is -0.403 e. The van der Waals surface area contributed by atoms with E-state index in [0.29, 0.717) is 19.0 Å². The highest BCUT2D eigenvalue weighted by atomic mass is 19.4. The van der Waals surface area contributed by atoms with Crippen LogP contribution < -0.4 is 20.5 Å². The maximum atomic E-state index is 14.1. The Bertz CT molecular complexity index is 1000. The number of aromatic nitrogens is 2. The van der Waals surface area contributed by atoms with Gasteiger partial charge in [0.15, 0.2) is 11.6 Å². The van der Waals surface area contributed by atoms with E-state index in [4.69, 9.17) is 0 Å². The zero-order valence-electron chi connectivity index (χ0n) is 16.9. The van der Waals surface area contributed by atoms with Gasteiger partial charge in [0.25, 0.3) is 11.5 Å². The van der Waals surface area contributed by atoms with Gasteiger partial charge < -0.3 is 15.0 Å². The van der Waals surface area contributed by atoms with E-state index >= 15 is 0 Å². The van der Waals surface area contributed by atoms with Crippen LogP contribution in [0.2, 0.25) is 0 Å². The SMILES string of the molecule is CC(C)[C@@H](NC(=O)c1cc(=O)[nH]c(N2CCCC2)n1)c1ccc(OC(F)(F)F)c(F)c1. The molecule has 2 aromatic rings. The minimum absolute atomic E-state index is 0.103. The number of hydrogen-bond acceptors (Lipinski definition) is 5. The van der Waals surface area contributed by atoms with Crippen molar-refractivity contribution < 1.29 is 27.1 Å². The van der Waals surface area contributed by atoms with Crippen LogP contribution in [0.3, 0.4) is 0 Å². The van der Waals surface area contributed by atoms with Gasteiger partial charge in [0.2, 0.25) is 5.95 Å². The molecule has 0 aliphatic carbocycles. The van der Waals surface area contributed by atoms with Crippen LogP contribution in [0.15, 0.2) is 29.1 Å². The van der Waals surface area contributed by atoms with Crippen LogP contribution in [-0.2, 0) is 0 Å². The van der Waals surface area contributed by atoms with Crippen molar-refractivity contribution in [2.24, 2.45) is 5.92 Å². The van der Waals surface area contributed by atoms with Crippen molar-refractivity contribution in [3.05, 3.63) is 51.7 Å². The third-order valence-corrected chi connectivity index (χ3v) is 4.86. The summed E-state index contributed by atoms with van der Waals surface area (Å²) in [4.78, 5) is 33.5. The highest BCUT2D eigenvalue weighted by molar-refractivity contribution is 5.92. The molecule has 1 amide bonds. The number of rotatable bonds is 6. The zero-order valence-corrected chi connectivity index (χ0v) is 16.9. The van der Waals surface area contributed by atoms with Crippen molar-refractivity contribution in [1.82, 2.24) is 15.3 Å². The quantitative estimate of drug-likeness (QED) is 0.669. The summed E-state index contributed by atoms with van der Waals surface area (Å²) in [7, 11) is 0. The molecule has 0 spiro atoms. The van der Waals surface area contributed by atoms with Gasteiger partial charge in [-0.2, -0.15) is 0 Å². The fourth-order valence-corrected chi connectivity index (χ4v) is 3.41. The van der Waals surface area contributed by atoms with E-state index in [1.54, 1.807) is 13.8 Å². The van der Waals surface area contributed by atoms with E-state index in [0.717, 1.165) is 31.0 Å². The number of benzene rings is 1. The number of aromatic amines is 1.